The first-order chi connectivity index (χ1) is 9.58. The van der Waals surface area contributed by atoms with E-state index in [4.69, 9.17) is 0 Å². The lowest BCUT2D eigenvalue weighted by Crippen LogP contribution is -2.21. The van der Waals surface area contributed by atoms with Gasteiger partial charge in [-0.1, -0.05) is 13.0 Å². The molecule has 20 heavy (non-hydrogen) atoms. The molecule has 2 rings (SSSR count). The molecule has 0 aliphatic carbocycles. The van der Waals surface area contributed by atoms with Crippen LogP contribution in [0.3, 0.4) is 0 Å². The molecule has 0 spiro atoms. The van der Waals surface area contributed by atoms with Crippen LogP contribution in [0.5, 0.6) is 0 Å². The summed E-state index contributed by atoms with van der Waals surface area (Å²) < 4.78 is 15.6. The van der Waals surface area contributed by atoms with Gasteiger partial charge in [-0.3, -0.25) is 4.68 Å². The van der Waals surface area contributed by atoms with Gasteiger partial charge in [0.15, 0.2) is 0 Å². The first kappa shape index (κ1) is 14.7. The lowest BCUT2D eigenvalue weighted by molar-refractivity contribution is 0.555. The van der Waals surface area contributed by atoms with Gasteiger partial charge >= 0.3 is 0 Å². The summed E-state index contributed by atoms with van der Waals surface area (Å²) in [6.45, 7) is 6.88. The fourth-order valence-corrected chi connectivity index (χ4v) is 2.56. The molecule has 0 amide bonds. The number of benzene rings is 1. The van der Waals surface area contributed by atoms with Crippen molar-refractivity contribution < 1.29 is 4.39 Å². The van der Waals surface area contributed by atoms with Crippen molar-refractivity contribution in [2.24, 2.45) is 0 Å². The molecule has 1 N–H and O–H groups in total. The van der Waals surface area contributed by atoms with Gasteiger partial charge in [-0.25, -0.2) is 4.39 Å². The van der Waals surface area contributed by atoms with Gasteiger partial charge in [-0.05, 0) is 56.6 Å². The molecule has 108 valence electrons. The summed E-state index contributed by atoms with van der Waals surface area (Å²) >= 11 is 0. The molecule has 1 heterocycles. The Morgan fingerprint density at radius 1 is 1.25 bits per heavy atom. The number of nitrogens with one attached hydrogen (secondary N) is 1. The van der Waals surface area contributed by atoms with Crippen molar-refractivity contribution in [3.8, 4) is 0 Å². The summed E-state index contributed by atoms with van der Waals surface area (Å²) in [6.07, 6.45) is 0.901. The Bertz CT molecular complexity index is 569. The normalized spacial score (nSPS) is 12.7. The van der Waals surface area contributed by atoms with Crippen LogP contribution in [0.25, 0.3) is 0 Å². The zero-order valence-electron chi connectivity index (χ0n) is 12.6. The number of halogens is 1. The molecule has 0 saturated heterocycles. The molecule has 0 bridgehead atoms. The molecular formula is C16H22FN3. The summed E-state index contributed by atoms with van der Waals surface area (Å²) in [6, 6.07) is 7.21. The third-order valence-corrected chi connectivity index (χ3v) is 3.51. The van der Waals surface area contributed by atoms with E-state index >= 15 is 0 Å². The van der Waals surface area contributed by atoms with Gasteiger partial charge in [0.2, 0.25) is 0 Å². The van der Waals surface area contributed by atoms with Crippen molar-refractivity contribution >= 4 is 0 Å². The maximum Gasteiger partial charge on any atom is 0.123 e. The Morgan fingerprint density at radius 2 is 2.00 bits per heavy atom. The maximum atomic E-state index is 13.6. The maximum absolute atomic E-state index is 13.6. The molecule has 4 heteroatoms. The molecule has 1 aromatic heterocycles. The van der Waals surface area contributed by atoms with Crippen molar-refractivity contribution in [3.05, 3.63) is 52.6 Å². The van der Waals surface area contributed by atoms with E-state index in [1.807, 2.05) is 24.7 Å². The van der Waals surface area contributed by atoms with Crippen LogP contribution in [-0.2, 0) is 13.0 Å². The minimum atomic E-state index is -0.196. The number of aryl methyl sites for hydroxylation is 3. The standard InChI is InChI=1S/C16H22FN3/c1-5-14-10-15(20(6-2)19-14)16(18-4)12-7-11(3)8-13(17)9-12/h7-10,16,18H,5-6H2,1-4H3. The van der Waals surface area contributed by atoms with Crippen molar-refractivity contribution in [1.82, 2.24) is 15.1 Å². The number of nitrogens with zero attached hydrogens (tertiary/aromatic N) is 2. The summed E-state index contributed by atoms with van der Waals surface area (Å²) in [5.74, 6) is -0.196. The second-order valence-corrected chi connectivity index (χ2v) is 5.01. The largest absolute Gasteiger partial charge is 0.308 e. The summed E-state index contributed by atoms with van der Waals surface area (Å²) in [7, 11) is 1.89. The summed E-state index contributed by atoms with van der Waals surface area (Å²) in [5.41, 5.74) is 4.01. The van der Waals surface area contributed by atoms with Crippen molar-refractivity contribution in [2.45, 2.75) is 39.8 Å². The van der Waals surface area contributed by atoms with E-state index in [0.717, 1.165) is 35.5 Å². The van der Waals surface area contributed by atoms with Crippen LogP contribution in [-0.4, -0.2) is 16.8 Å². The number of hydrogen-bond acceptors (Lipinski definition) is 2. The number of aromatic nitrogens is 2. The van der Waals surface area contributed by atoms with Gasteiger partial charge in [-0.15, -0.1) is 0 Å². The predicted octanol–water partition coefficient (Wildman–Crippen LogP) is 3.22. The van der Waals surface area contributed by atoms with E-state index in [9.17, 15) is 4.39 Å². The minimum Gasteiger partial charge on any atom is -0.308 e. The fourth-order valence-electron chi connectivity index (χ4n) is 2.56. The smallest absolute Gasteiger partial charge is 0.123 e. The second-order valence-electron chi connectivity index (χ2n) is 5.01. The highest BCUT2D eigenvalue weighted by molar-refractivity contribution is 5.32. The summed E-state index contributed by atoms with van der Waals surface area (Å²) in [5, 5.41) is 7.84. The minimum absolute atomic E-state index is 0.0443. The third kappa shape index (κ3) is 2.90. The Labute approximate surface area is 119 Å². The topological polar surface area (TPSA) is 29.9 Å². The van der Waals surface area contributed by atoms with E-state index in [1.54, 1.807) is 12.1 Å². The van der Waals surface area contributed by atoms with Crippen LogP contribution in [0.4, 0.5) is 4.39 Å². The zero-order chi connectivity index (χ0) is 14.7. The molecule has 1 atom stereocenters. The molecule has 0 aliphatic rings. The van der Waals surface area contributed by atoms with Crippen LogP contribution in [0.1, 0.15) is 42.4 Å². The third-order valence-electron chi connectivity index (χ3n) is 3.51. The Hall–Kier alpha value is -1.68. The van der Waals surface area contributed by atoms with Gasteiger partial charge < -0.3 is 5.32 Å². The van der Waals surface area contributed by atoms with Crippen molar-refractivity contribution in [3.63, 3.8) is 0 Å². The van der Waals surface area contributed by atoms with Gasteiger partial charge in [-0.2, -0.15) is 5.10 Å². The van der Waals surface area contributed by atoms with E-state index in [2.05, 4.69) is 30.3 Å². The van der Waals surface area contributed by atoms with Gasteiger partial charge in [0, 0.05) is 6.54 Å². The Balaban J connectivity index is 2.48. The SMILES string of the molecule is CCc1cc(C(NC)c2cc(C)cc(F)c2)n(CC)n1. The van der Waals surface area contributed by atoms with E-state index < -0.39 is 0 Å². The number of rotatable bonds is 5. The second kappa shape index (κ2) is 6.18. The lowest BCUT2D eigenvalue weighted by Gasteiger charge is -2.18. The molecule has 3 nitrogen and oxygen atoms in total. The van der Waals surface area contributed by atoms with Crippen LogP contribution < -0.4 is 5.32 Å². The van der Waals surface area contributed by atoms with Crippen LogP contribution in [0.15, 0.2) is 24.3 Å². The average molecular weight is 275 g/mol. The molecule has 0 aliphatic heterocycles. The molecule has 0 radical (unpaired) electrons. The van der Waals surface area contributed by atoms with Crippen molar-refractivity contribution in [2.75, 3.05) is 7.05 Å². The lowest BCUT2D eigenvalue weighted by atomic mass is 10.0. The first-order valence-corrected chi connectivity index (χ1v) is 7.10. The highest BCUT2D eigenvalue weighted by Gasteiger charge is 2.18. The van der Waals surface area contributed by atoms with Crippen LogP contribution in [0, 0.1) is 12.7 Å². The van der Waals surface area contributed by atoms with E-state index in [0.29, 0.717) is 0 Å². The predicted molar refractivity (Wildman–Crippen MR) is 79.3 cm³/mol. The van der Waals surface area contributed by atoms with Gasteiger partial charge in [0.05, 0.1) is 17.4 Å². The molecule has 0 fully saturated rings. The van der Waals surface area contributed by atoms with Crippen LogP contribution in [0.2, 0.25) is 0 Å². The molecule has 0 saturated carbocycles. The highest BCUT2D eigenvalue weighted by atomic mass is 19.1. The molecular weight excluding hydrogens is 253 g/mol. The van der Waals surface area contributed by atoms with Crippen molar-refractivity contribution in [1.29, 1.82) is 0 Å². The molecule has 1 unspecified atom stereocenters. The first-order valence-electron chi connectivity index (χ1n) is 7.10. The Morgan fingerprint density at radius 3 is 2.55 bits per heavy atom. The zero-order valence-corrected chi connectivity index (χ0v) is 12.6. The highest BCUT2D eigenvalue weighted by Crippen LogP contribution is 2.24. The van der Waals surface area contributed by atoms with E-state index in [1.165, 1.54) is 0 Å². The van der Waals surface area contributed by atoms with Gasteiger partial charge in [0.25, 0.3) is 0 Å². The molecule has 2 aromatic rings. The quantitative estimate of drug-likeness (QED) is 0.908. The van der Waals surface area contributed by atoms with E-state index in [-0.39, 0.29) is 11.9 Å². The monoisotopic (exact) mass is 275 g/mol. The Kier molecular flexibility index (Phi) is 4.55. The fraction of sp³-hybridized carbons (Fsp3) is 0.438. The average Bonchev–Trinajstić information content (AvgIpc) is 2.82. The number of hydrogen-bond donors (Lipinski definition) is 1. The van der Waals surface area contributed by atoms with Crippen LogP contribution >= 0.6 is 0 Å². The summed E-state index contributed by atoms with van der Waals surface area (Å²) in [4.78, 5) is 0. The van der Waals surface area contributed by atoms with Gasteiger partial charge in [0.1, 0.15) is 5.82 Å². The molecule has 1 aromatic carbocycles.